The number of carbonyl (C=O) groups excluding carboxylic acids is 2. The molecule has 0 saturated heterocycles. The smallest absolute Gasteiger partial charge is 0.328 e. The number of terminal acetylenes is 1. The molecule has 11 heterocycles. The Morgan fingerprint density at radius 1 is 0.460 bits per heavy atom. The fourth-order valence-corrected chi connectivity index (χ4v) is 31.7. The summed E-state index contributed by atoms with van der Waals surface area (Å²) in [5.74, 6) is 14.5. The second-order valence-corrected chi connectivity index (χ2v) is 58.8. The van der Waals surface area contributed by atoms with Crippen molar-refractivity contribution in [3.8, 4) is 35.6 Å². The van der Waals surface area contributed by atoms with Crippen LogP contribution < -0.4 is 0 Å². The number of allylic oxidation sites excluding steroid dienone is 1. The summed E-state index contributed by atoms with van der Waals surface area (Å²) < 4.78 is 21.1. The molecule has 0 spiro atoms. The van der Waals surface area contributed by atoms with Gasteiger partial charge >= 0.3 is 120 Å². The number of alkyl halides is 1. The summed E-state index contributed by atoms with van der Waals surface area (Å²) in [6.07, 6.45) is 42.6. The number of hydrogen-bond acceptors (Lipinski definition) is 19. The van der Waals surface area contributed by atoms with Crippen LogP contribution >= 0.6 is 63.7 Å². The molecule has 0 bridgehead atoms. The number of ether oxygens (including phenoxy) is 2. The van der Waals surface area contributed by atoms with E-state index in [-0.39, 0.29) is 29.4 Å². The Bertz CT molecular complexity index is 6460. The van der Waals surface area contributed by atoms with Gasteiger partial charge in [0.1, 0.15) is 57.8 Å². The number of fused-ring (bicyclic) bond motifs is 7. The van der Waals surface area contributed by atoms with Gasteiger partial charge in [0.25, 0.3) is 0 Å². The molecule has 0 unspecified atom stereocenters. The fraction of sp³-hybridized carbons (Fsp3) is 0.336. The van der Waals surface area contributed by atoms with Gasteiger partial charge in [0, 0.05) is 132 Å². The summed E-state index contributed by atoms with van der Waals surface area (Å²) in [5, 5.41) is 5.67. The topological polar surface area (TPSA) is 248 Å². The Balaban J connectivity index is 0.000000164. The molecular weight excluding hydrogens is 2110 g/mol. The van der Waals surface area contributed by atoms with Crippen LogP contribution in [0, 0.1) is 35.6 Å². The third-order valence-electron chi connectivity index (χ3n) is 22.3. The first-order valence-electron chi connectivity index (χ1n) is 47.3. The first kappa shape index (κ1) is 110. The first-order chi connectivity index (χ1) is 66.9. The van der Waals surface area contributed by atoms with E-state index in [4.69, 9.17) is 15.9 Å². The van der Waals surface area contributed by atoms with Crippen molar-refractivity contribution in [1.82, 2.24) is 49.7 Å². The average Bonchev–Trinajstić information content (AvgIpc) is 1.65. The Hall–Kier alpha value is -11.4. The maximum Gasteiger partial charge on any atom is 0.328 e. The molecule has 20 nitrogen and oxygen atoms in total. The molecule has 18 rings (SSSR count). The van der Waals surface area contributed by atoms with Gasteiger partial charge in [0.05, 0.1) is 44.8 Å². The SMILES string of the molecule is BrC1=NCc2ccc(CCc3ncccn3)cc21.Brc1ccc2c(c1)C=NC2.C#Cc1ccc2c(c1)C=NC2.C(#Cc1ncccn1)c1ccc2c(c1)C=NC2.C1=NCc2ccc(CCc3ncccn3)cc21.C=[C](C)[Sn]([CH2]CCC)([CH2]CCC)[CH2]CCC.CC(C)(C)OC(=O)CBr.CC(C)(C)OC(=O)Cn1nc(Br)c2cc(CCc3ncccn3)ccc21.C[Si](C)(C)C#Cc1ccc2c(c1)C=NC2. The normalized spacial score (nSPS) is 12.4. The van der Waals surface area contributed by atoms with Gasteiger partial charge in [-0.25, -0.2) is 39.9 Å². The number of aliphatic imine (C=N–C) groups is 6. The Morgan fingerprint density at radius 2 is 0.849 bits per heavy atom. The molecular formula is C113H126Br4N16O4SiSn. The van der Waals surface area contributed by atoms with Crippen LogP contribution in [0.5, 0.6) is 0 Å². The molecule has 6 aliphatic heterocycles. The van der Waals surface area contributed by atoms with Gasteiger partial charge in [-0.3, -0.25) is 44.2 Å². The number of aryl methyl sites for hydroxylation is 6. The van der Waals surface area contributed by atoms with E-state index < -0.39 is 32.1 Å². The Morgan fingerprint density at radius 3 is 1.28 bits per heavy atom. The van der Waals surface area contributed by atoms with E-state index in [2.05, 4.69) is 301 Å². The summed E-state index contributed by atoms with van der Waals surface area (Å²) in [5.41, 5.74) is 25.3. The van der Waals surface area contributed by atoms with Crippen LogP contribution in [0.2, 0.25) is 33.0 Å². The number of carbonyl (C=O) groups is 2. The zero-order valence-corrected chi connectivity index (χ0v) is 92.5. The van der Waals surface area contributed by atoms with Crippen LogP contribution in [-0.4, -0.2) is 140 Å². The molecule has 12 aromatic rings. The minimum Gasteiger partial charge on any atom is -0.459 e. The second kappa shape index (κ2) is 56.2. The third-order valence-corrected chi connectivity index (χ3v) is 41.8. The maximum absolute atomic E-state index is 12.1. The average molecular weight is 2240 g/mol. The van der Waals surface area contributed by atoms with Gasteiger partial charge < -0.3 is 9.47 Å². The molecule has 0 saturated carbocycles. The van der Waals surface area contributed by atoms with Crippen LogP contribution in [0.15, 0.2) is 250 Å². The molecule has 7 aromatic carbocycles. The van der Waals surface area contributed by atoms with E-state index in [0.29, 0.717) is 10.4 Å². The van der Waals surface area contributed by atoms with E-state index in [1.54, 1.807) is 77.2 Å². The van der Waals surface area contributed by atoms with E-state index in [1.165, 1.54) is 116 Å². The summed E-state index contributed by atoms with van der Waals surface area (Å²) in [6.45, 7) is 36.5. The van der Waals surface area contributed by atoms with Gasteiger partial charge in [-0.05, 0) is 274 Å². The third kappa shape index (κ3) is 38.0. The number of benzene rings is 7. The van der Waals surface area contributed by atoms with E-state index >= 15 is 0 Å². The zero-order chi connectivity index (χ0) is 99.6. The Kier molecular flexibility index (Phi) is 44.3. The van der Waals surface area contributed by atoms with Crippen LogP contribution in [-0.2, 0) is 103 Å². The van der Waals surface area contributed by atoms with Gasteiger partial charge in [-0.1, -0.05) is 124 Å². The molecule has 26 heteroatoms. The molecule has 139 heavy (non-hydrogen) atoms. The largest absolute Gasteiger partial charge is 0.459 e. The van der Waals surface area contributed by atoms with Crippen molar-refractivity contribution in [2.45, 2.75) is 236 Å². The monoisotopic (exact) mass is 2230 g/mol. The summed E-state index contributed by atoms with van der Waals surface area (Å²) in [7, 11) is -1.26. The number of aromatic nitrogens is 10. The van der Waals surface area contributed by atoms with Crippen LogP contribution in [0.1, 0.15) is 231 Å². The minimum atomic E-state index is -1.94. The molecule has 0 amide bonds. The predicted octanol–water partition coefficient (Wildman–Crippen LogP) is 25.1. The minimum absolute atomic E-state index is 0.0799. The molecule has 0 N–H and O–H groups in total. The van der Waals surface area contributed by atoms with Gasteiger partial charge in [-0.2, -0.15) is 5.10 Å². The van der Waals surface area contributed by atoms with E-state index in [9.17, 15) is 9.59 Å². The van der Waals surface area contributed by atoms with Crippen molar-refractivity contribution in [3.63, 3.8) is 0 Å². The van der Waals surface area contributed by atoms with Gasteiger partial charge in [-0.15, -0.1) is 12.0 Å². The van der Waals surface area contributed by atoms with Crippen molar-refractivity contribution in [2.24, 2.45) is 30.0 Å². The first-order valence-corrected chi connectivity index (χ1v) is 61.8. The second-order valence-electron chi connectivity index (χ2n) is 37.0. The number of halogens is 4. The van der Waals surface area contributed by atoms with Gasteiger partial charge in [0.15, 0.2) is 0 Å². The van der Waals surface area contributed by atoms with Crippen LogP contribution in [0.25, 0.3) is 10.9 Å². The number of esters is 2. The molecule has 0 atom stereocenters. The van der Waals surface area contributed by atoms with Gasteiger partial charge in [0.2, 0.25) is 5.82 Å². The number of rotatable bonds is 22. The molecule has 0 aliphatic carbocycles. The standard InChI is InChI=1S/C19H21BrN4O2.C14H12BrN3.C14H13N3.C14H9N3.C13H15NSi.C10H7N.C8H6BrN.C6H11BrO2.3C4H9.C3H5.Sn/c1-19(2,3)26-17(25)12-24-15-7-5-13(11-14(15)18(20)23-24)6-8-16-21-9-4-10-22-16;15-14-12-8-10(2-4-11(12)9-18-14)3-5-13-16-6-1-7-17-13;2*1-6-16-14(17-7-1)5-3-11-2-4-12-9-15-10-13(12)8-11;1-15(2,3)7-6-11-4-5-12-9-14-10-13(12)8-11;1-2-8-3-4-9-6-11-7-10(9)5-8;9-8-2-1-6-4-10-5-7(6)3-8;1-6(2,3)9-5(8)4-7;3*1-3-4-2;1-3-2;/h4-5,7,9-11H,6,8,12H2,1-3H3;1-2,4,6-8H,3,5,9H2;1-2,4,6-8,10H,3,5,9H2;1-2,4,6-8,10H,9H2;4-5,8,10H,9H2,1-3H3;1,3-5,7H,6H2;1-3,5H,4H2;4H2,1-3H3;3*1,3-4H2,2H3;1H2,2H3;. The van der Waals surface area contributed by atoms with Crippen molar-refractivity contribution < 1.29 is 19.1 Å². The summed E-state index contributed by atoms with van der Waals surface area (Å²) >= 11 is 11.4. The summed E-state index contributed by atoms with van der Waals surface area (Å²) in [6, 6.07) is 51.2. The van der Waals surface area contributed by atoms with Crippen molar-refractivity contribution >= 4 is 149 Å². The number of nitrogens with zero attached hydrogens (tertiary/aromatic N) is 16. The number of unbranched alkanes of at least 4 members (excludes halogenated alkanes) is 3. The zero-order valence-electron chi connectivity index (χ0n) is 82.3. The molecule has 0 radical (unpaired) electrons. The van der Waals surface area contributed by atoms with Crippen molar-refractivity contribution in [3.05, 3.63) is 344 Å². The van der Waals surface area contributed by atoms with Crippen LogP contribution in [0.4, 0.5) is 0 Å². The van der Waals surface area contributed by atoms with Crippen LogP contribution in [0.3, 0.4) is 0 Å². The fourth-order valence-electron chi connectivity index (χ4n) is 15.1. The van der Waals surface area contributed by atoms with Crippen molar-refractivity contribution in [1.29, 1.82) is 0 Å². The Labute approximate surface area is 860 Å². The molecule has 6 aliphatic rings. The summed E-state index contributed by atoms with van der Waals surface area (Å²) in [4.78, 5) is 81.6. The van der Waals surface area contributed by atoms with E-state index in [1.807, 2.05) is 139 Å². The molecule has 0 fully saturated rings. The van der Waals surface area contributed by atoms with E-state index in [0.717, 1.165) is 138 Å². The number of hydrogen-bond donors (Lipinski definition) is 0. The predicted molar refractivity (Wildman–Crippen MR) is 589 cm³/mol. The quantitative estimate of drug-likeness (QED) is 0.0265. The molecule has 5 aromatic heterocycles. The van der Waals surface area contributed by atoms with Crippen molar-refractivity contribution in [2.75, 3.05) is 5.33 Å². The maximum atomic E-state index is 12.1. The molecule has 718 valence electrons.